The number of unbranched alkanes of at least 4 members (excludes halogenated alkanes) is 1. The number of aromatic amines is 1. The van der Waals surface area contributed by atoms with E-state index < -0.39 is 0 Å². The van der Waals surface area contributed by atoms with E-state index in [0.29, 0.717) is 53.4 Å². The molecular formula is C30H35FN8O2. The van der Waals surface area contributed by atoms with Crippen molar-refractivity contribution < 1.29 is 13.9 Å². The molecule has 1 saturated carbocycles. The summed E-state index contributed by atoms with van der Waals surface area (Å²) >= 11 is 0. The van der Waals surface area contributed by atoms with Gasteiger partial charge in [-0.15, -0.1) is 0 Å². The third-order valence-corrected chi connectivity index (χ3v) is 8.61. The fourth-order valence-corrected chi connectivity index (χ4v) is 6.36. The standard InChI is InChI=1S/C30H35FN8O2/c1-38-9-11-39(12-10-38)21-6-7-22(23(15-21)41-13-3-2-8-31)29-36-27-26(20(16-32)17-34-30(27)37-29)35-25-19-5-4-18(14-19)24(25)28(33)40/h4-7,15,17-19,24-25H,2-3,8-14H2,1H3,(H2,33,40)(H2,34,35,36,37)/t18-,19+,24+,25-/m1/s1. The Bertz CT molecular complexity index is 1510. The second-order valence-corrected chi connectivity index (χ2v) is 11.2. The summed E-state index contributed by atoms with van der Waals surface area (Å²) in [6.45, 7) is 3.81. The monoisotopic (exact) mass is 558 g/mol. The van der Waals surface area contributed by atoms with Crippen LogP contribution in [0.15, 0.2) is 36.5 Å². The van der Waals surface area contributed by atoms with Crippen molar-refractivity contribution in [1.29, 1.82) is 5.26 Å². The predicted molar refractivity (Wildman–Crippen MR) is 155 cm³/mol. The molecule has 3 aromatic rings. The average Bonchev–Trinajstić information content (AvgIpc) is 3.71. The number of fused-ring (bicyclic) bond motifs is 3. The molecular weight excluding hydrogens is 523 g/mol. The number of primary amides is 1. The number of imidazole rings is 1. The largest absolute Gasteiger partial charge is 0.493 e. The highest BCUT2D eigenvalue weighted by Gasteiger charge is 2.47. The highest BCUT2D eigenvalue weighted by atomic mass is 19.1. The minimum atomic E-state index is -0.376. The lowest BCUT2D eigenvalue weighted by Crippen LogP contribution is -2.44. The number of ether oxygens (including phenoxy) is 1. The van der Waals surface area contributed by atoms with Gasteiger partial charge in [0.2, 0.25) is 5.91 Å². The van der Waals surface area contributed by atoms with Crippen LogP contribution in [0.4, 0.5) is 15.8 Å². The van der Waals surface area contributed by atoms with Crippen LogP contribution in [0.25, 0.3) is 22.6 Å². The molecule has 11 heteroatoms. The normalized spacial score (nSPS) is 23.7. The molecule has 0 spiro atoms. The molecule has 0 unspecified atom stereocenters. The van der Waals surface area contributed by atoms with Gasteiger partial charge in [-0.25, -0.2) is 9.97 Å². The van der Waals surface area contributed by atoms with Gasteiger partial charge in [-0.3, -0.25) is 9.18 Å². The van der Waals surface area contributed by atoms with Crippen LogP contribution in [-0.2, 0) is 4.79 Å². The molecule has 2 aliphatic carbocycles. The average molecular weight is 559 g/mol. The number of hydrogen-bond donors (Lipinski definition) is 3. The van der Waals surface area contributed by atoms with E-state index in [9.17, 15) is 14.4 Å². The van der Waals surface area contributed by atoms with Gasteiger partial charge in [-0.05, 0) is 50.3 Å². The molecule has 3 aliphatic rings. The van der Waals surface area contributed by atoms with Crippen molar-refractivity contribution in [2.24, 2.45) is 23.5 Å². The molecule has 214 valence electrons. The summed E-state index contributed by atoms with van der Waals surface area (Å²) < 4.78 is 18.9. The number of piperazine rings is 1. The van der Waals surface area contributed by atoms with Gasteiger partial charge in [-0.1, -0.05) is 12.2 Å². The highest BCUT2D eigenvalue weighted by molar-refractivity contribution is 5.92. The summed E-state index contributed by atoms with van der Waals surface area (Å²) in [7, 11) is 2.12. The summed E-state index contributed by atoms with van der Waals surface area (Å²) in [5.41, 5.74) is 9.56. The number of nitrogens with two attached hydrogens (primary N) is 1. The summed E-state index contributed by atoms with van der Waals surface area (Å²) in [5.74, 6) is 0.765. The second kappa shape index (κ2) is 11.4. The molecule has 0 radical (unpaired) electrons. The molecule has 4 N–H and O–H groups in total. The second-order valence-electron chi connectivity index (χ2n) is 11.2. The third-order valence-electron chi connectivity index (χ3n) is 8.61. The van der Waals surface area contributed by atoms with E-state index in [1.54, 1.807) is 0 Å². The van der Waals surface area contributed by atoms with Crippen LogP contribution >= 0.6 is 0 Å². The number of H-pyrrole nitrogens is 1. The number of allylic oxidation sites excluding steroid dienone is 1. The fraction of sp³-hybridized carbons (Fsp3) is 0.467. The van der Waals surface area contributed by atoms with Crippen molar-refractivity contribution in [3.05, 3.63) is 42.1 Å². The number of benzene rings is 1. The first-order valence-electron chi connectivity index (χ1n) is 14.3. The van der Waals surface area contributed by atoms with E-state index in [1.807, 2.05) is 12.1 Å². The molecule has 3 heterocycles. The minimum Gasteiger partial charge on any atom is -0.493 e. The fourth-order valence-electron chi connectivity index (χ4n) is 6.36. The smallest absolute Gasteiger partial charge is 0.223 e. The number of nitrogens with zero attached hydrogens (tertiary/aromatic N) is 5. The Morgan fingerprint density at radius 3 is 2.80 bits per heavy atom. The Balaban J connectivity index is 1.36. The molecule has 1 saturated heterocycles. The van der Waals surface area contributed by atoms with Crippen molar-refractivity contribution in [2.45, 2.75) is 25.3 Å². The van der Waals surface area contributed by atoms with Gasteiger partial charge in [0.15, 0.2) is 5.65 Å². The number of carbonyl (C=O) groups excluding carboxylic acids is 1. The molecule has 2 aromatic heterocycles. The summed E-state index contributed by atoms with van der Waals surface area (Å²) in [4.78, 5) is 29.6. The van der Waals surface area contributed by atoms with Gasteiger partial charge in [0, 0.05) is 50.2 Å². The Labute approximate surface area is 238 Å². The number of aromatic nitrogens is 3. The zero-order valence-corrected chi connectivity index (χ0v) is 23.1. The lowest BCUT2D eigenvalue weighted by molar-refractivity contribution is -0.122. The SMILES string of the molecule is CN1CCN(c2ccc(-c3nc4ncc(C#N)c(N[C@H]5[C@@H](C(N)=O)[C@@H]6C=C[C@H]5C6)c4[nH]3)c(OCCCCF)c2)CC1. The van der Waals surface area contributed by atoms with E-state index in [0.717, 1.165) is 43.9 Å². The Hall–Kier alpha value is -4.17. The number of alkyl halides is 1. The van der Waals surface area contributed by atoms with E-state index in [4.69, 9.17) is 15.5 Å². The van der Waals surface area contributed by atoms with Crippen LogP contribution in [0.2, 0.25) is 0 Å². The van der Waals surface area contributed by atoms with Gasteiger partial charge in [0.05, 0.1) is 36.0 Å². The number of nitriles is 1. The lowest BCUT2D eigenvalue weighted by atomic mass is 9.88. The molecule has 4 atom stereocenters. The number of halogens is 1. The molecule has 41 heavy (non-hydrogen) atoms. The van der Waals surface area contributed by atoms with Crippen LogP contribution in [-0.4, -0.2) is 78.3 Å². The van der Waals surface area contributed by atoms with Crippen LogP contribution in [0.1, 0.15) is 24.8 Å². The van der Waals surface area contributed by atoms with Crippen LogP contribution in [0.3, 0.4) is 0 Å². The van der Waals surface area contributed by atoms with Gasteiger partial charge in [-0.2, -0.15) is 5.26 Å². The van der Waals surface area contributed by atoms with Gasteiger partial charge in [0.1, 0.15) is 23.2 Å². The van der Waals surface area contributed by atoms with E-state index >= 15 is 0 Å². The summed E-state index contributed by atoms with van der Waals surface area (Å²) in [5, 5.41) is 13.4. The van der Waals surface area contributed by atoms with E-state index in [1.165, 1.54) is 6.20 Å². The van der Waals surface area contributed by atoms with Crippen LogP contribution < -0.4 is 20.7 Å². The Morgan fingerprint density at radius 1 is 1.24 bits per heavy atom. The van der Waals surface area contributed by atoms with Crippen molar-refractivity contribution in [1.82, 2.24) is 19.9 Å². The van der Waals surface area contributed by atoms with Gasteiger partial charge < -0.3 is 30.6 Å². The molecule has 1 amide bonds. The van der Waals surface area contributed by atoms with Gasteiger partial charge in [0.25, 0.3) is 0 Å². The highest BCUT2D eigenvalue weighted by Crippen LogP contribution is 2.46. The maximum absolute atomic E-state index is 12.7. The number of nitrogens with one attached hydrogen (secondary N) is 2. The molecule has 2 fully saturated rings. The van der Waals surface area contributed by atoms with Crippen molar-refractivity contribution in [3.63, 3.8) is 0 Å². The maximum Gasteiger partial charge on any atom is 0.223 e. The van der Waals surface area contributed by atoms with Crippen LogP contribution in [0.5, 0.6) is 5.75 Å². The summed E-state index contributed by atoms with van der Waals surface area (Å²) in [6, 6.07) is 8.08. The molecule has 6 rings (SSSR count). The number of pyridine rings is 1. The van der Waals surface area contributed by atoms with Crippen molar-refractivity contribution >= 4 is 28.4 Å². The number of likely N-dealkylation sites (N-methyl/N-ethyl adjacent to an activating group) is 1. The lowest BCUT2D eigenvalue weighted by Gasteiger charge is -2.34. The minimum absolute atomic E-state index is 0.103. The first kappa shape index (κ1) is 27.0. The predicted octanol–water partition coefficient (Wildman–Crippen LogP) is 3.46. The zero-order valence-electron chi connectivity index (χ0n) is 23.1. The number of hydrogen-bond acceptors (Lipinski definition) is 8. The quantitative estimate of drug-likeness (QED) is 0.254. The maximum atomic E-state index is 12.7. The number of carbonyl (C=O) groups is 1. The molecule has 1 aliphatic heterocycles. The van der Waals surface area contributed by atoms with Crippen molar-refractivity contribution in [2.75, 3.05) is 56.7 Å². The van der Waals surface area contributed by atoms with Crippen molar-refractivity contribution in [3.8, 4) is 23.2 Å². The summed E-state index contributed by atoms with van der Waals surface area (Å²) in [6.07, 6.45) is 7.61. The first-order chi connectivity index (χ1) is 20.0. The molecule has 2 bridgehead atoms. The van der Waals surface area contributed by atoms with Crippen LogP contribution in [0, 0.1) is 29.1 Å². The van der Waals surface area contributed by atoms with E-state index in [2.05, 4.69) is 56.4 Å². The third kappa shape index (κ3) is 5.20. The van der Waals surface area contributed by atoms with Gasteiger partial charge >= 0.3 is 0 Å². The Morgan fingerprint density at radius 2 is 2.05 bits per heavy atom. The number of rotatable bonds is 10. The molecule has 10 nitrogen and oxygen atoms in total. The Kier molecular flexibility index (Phi) is 7.49. The first-order valence-corrected chi connectivity index (χ1v) is 14.3. The zero-order chi connectivity index (χ0) is 28.5. The number of anilines is 2. The topological polar surface area (TPSA) is 136 Å². The molecule has 1 aromatic carbocycles. The van der Waals surface area contributed by atoms with E-state index in [-0.39, 0.29) is 36.4 Å². The number of amides is 1.